The molecule has 2 amide bonds. The highest BCUT2D eigenvalue weighted by Crippen LogP contribution is 2.30. The number of carbonyl (C=O) groups is 2. The van der Waals surface area contributed by atoms with E-state index in [4.69, 9.17) is 4.74 Å². The zero-order valence-electron chi connectivity index (χ0n) is 22.5. The first-order chi connectivity index (χ1) is 18.7. The van der Waals surface area contributed by atoms with Gasteiger partial charge in [-0.3, -0.25) is 9.59 Å². The summed E-state index contributed by atoms with van der Waals surface area (Å²) in [5.41, 5.74) is 0.554. The lowest BCUT2D eigenvalue weighted by molar-refractivity contribution is -0.142. The van der Waals surface area contributed by atoms with Gasteiger partial charge in [0.2, 0.25) is 21.8 Å². The molecule has 0 radical (unpaired) electrons. The predicted octanol–water partition coefficient (Wildman–Crippen LogP) is 3.44. The first kappa shape index (κ1) is 31.4. The number of hydrogen-bond donors (Lipinski definition) is 2. The number of nitrogens with zero attached hydrogens (tertiary/aromatic N) is 2. The minimum Gasteiger partial charge on any atom is -0.488 e. The number of carbonyl (C=O) groups excluding carboxylic acids is 2. The van der Waals surface area contributed by atoms with Crippen molar-refractivity contribution in [3.8, 4) is 5.75 Å². The molecular formula is C27H34F3N3O6S. The van der Waals surface area contributed by atoms with Gasteiger partial charge in [0.25, 0.3) is 0 Å². The van der Waals surface area contributed by atoms with Gasteiger partial charge >= 0.3 is 6.18 Å². The van der Waals surface area contributed by atoms with Gasteiger partial charge in [0.05, 0.1) is 36.9 Å². The zero-order valence-corrected chi connectivity index (χ0v) is 23.3. The minimum absolute atomic E-state index is 0.0523. The topological polar surface area (TPSA) is 116 Å². The SMILES string of the molecule is C[C@H](CO)N1C[C@H](C)[C@H](CN(C)S(=O)(=O)c2ccccc2)Oc2ccc(NC(=O)CCC(F)(F)F)cc2CC1=O. The Morgan fingerprint density at radius 3 is 2.52 bits per heavy atom. The van der Waals surface area contributed by atoms with E-state index in [-0.39, 0.29) is 54.3 Å². The van der Waals surface area contributed by atoms with Crippen molar-refractivity contribution in [2.75, 3.05) is 32.1 Å². The third-order valence-electron chi connectivity index (χ3n) is 6.72. The van der Waals surface area contributed by atoms with Gasteiger partial charge in [0, 0.05) is 37.2 Å². The Morgan fingerprint density at radius 2 is 1.90 bits per heavy atom. The van der Waals surface area contributed by atoms with Crippen molar-refractivity contribution in [2.24, 2.45) is 5.92 Å². The van der Waals surface area contributed by atoms with Gasteiger partial charge in [-0.2, -0.15) is 17.5 Å². The standard InChI is InChI=1S/C27H34F3N3O6S/c1-18-15-33(19(2)17-34)26(36)14-20-13-21(31-25(35)11-12-27(28,29)30)9-10-23(20)39-24(18)16-32(3)40(37,38)22-7-5-4-6-8-22/h4-10,13,18-19,24,34H,11-12,14-17H2,1-3H3,(H,31,35)/t18-,19+,24-/m0/s1. The maximum atomic E-state index is 13.3. The summed E-state index contributed by atoms with van der Waals surface area (Å²) in [5.74, 6) is -1.24. The zero-order chi connectivity index (χ0) is 29.7. The van der Waals surface area contributed by atoms with Crippen LogP contribution in [0.1, 0.15) is 32.3 Å². The second kappa shape index (κ2) is 13.0. The number of aliphatic hydroxyl groups is 1. The Balaban J connectivity index is 1.92. The van der Waals surface area contributed by atoms with Crippen LogP contribution in [0, 0.1) is 5.92 Å². The Labute approximate surface area is 232 Å². The highest BCUT2D eigenvalue weighted by atomic mass is 32.2. The van der Waals surface area contributed by atoms with Crippen LogP contribution >= 0.6 is 0 Å². The first-order valence-corrected chi connectivity index (χ1v) is 14.2. The predicted molar refractivity (Wildman–Crippen MR) is 142 cm³/mol. The number of halogens is 3. The lowest BCUT2D eigenvalue weighted by atomic mass is 10.0. The van der Waals surface area contributed by atoms with E-state index in [1.807, 2.05) is 6.92 Å². The monoisotopic (exact) mass is 585 g/mol. The third kappa shape index (κ3) is 8.18. The van der Waals surface area contributed by atoms with Crippen LogP contribution in [0.5, 0.6) is 5.75 Å². The van der Waals surface area contributed by atoms with Crippen molar-refractivity contribution in [1.29, 1.82) is 0 Å². The number of aliphatic hydroxyl groups excluding tert-OH is 1. The van der Waals surface area contributed by atoms with E-state index in [0.29, 0.717) is 5.56 Å². The molecule has 9 nitrogen and oxygen atoms in total. The molecule has 0 unspecified atom stereocenters. The maximum absolute atomic E-state index is 13.3. The molecule has 2 aromatic rings. The fourth-order valence-electron chi connectivity index (χ4n) is 4.33. The summed E-state index contributed by atoms with van der Waals surface area (Å²) < 4.78 is 71.3. The number of fused-ring (bicyclic) bond motifs is 1. The van der Waals surface area contributed by atoms with Crippen LogP contribution in [0.2, 0.25) is 0 Å². The van der Waals surface area contributed by atoms with Gasteiger partial charge in [0.15, 0.2) is 0 Å². The summed E-state index contributed by atoms with van der Waals surface area (Å²) >= 11 is 0. The molecule has 40 heavy (non-hydrogen) atoms. The number of nitrogens with one attached hydrogen (secondary N) is 1. The number of hydrogen-bond acceptors (Lipinski definition) is 6. The van der Waals surface area contributed by atoms with Crippen LogP contribution in [-0.4, -0.2) is 79.6 Å². The fourth-order valence-corrected chi connectivity index (χ4v) is 5.53. The van der Waals surface area contributed by atoms with Crippen molar-refractivity contribution in [1.82, 2.24) is 9.21 Å². The van der Waals surface area contributed by atoms with Crippen molar-refractivity contribution in [2.45, 2.75) is 56.3 Å². The normalized spacial score (nSPS) is 19.2. The van der Waals surface area contributed by atoms with Crippen LogP contribution in [0.25, 0.3) is 0 Å². The average molecular weight is 586 g/mol. The second-order valence-electron chi connectivity index (χ2n) is 9.97. The van der Waals surface area contributed by atoms with E-state index in [1.54, 1.807) is 25.1 Å². The molecule has 0 bridgehead atoms. The largest absolute Gasteiger partial charge is 0.488 e. The lowest BCUT2D eigenvalue weighted by Crippen LogP contribution is -2.48. The number of alkyl halides is 3. The summed E-state index contributed by atoms with van der Waals surface area (Å²) in [6, 6.07) is 11.8. The fraction of sp³-hybridized carbons (Fsp3) is 0.481. The third-order valence-corrected chi connectivity index (χ3v) is 8.56. The van der Waals surface area contributed by atoms with Gasteiger partial charge in [-0.15, -0.1) is 0 Å². The van der Waals surface area contributed by atoms with Crippen LogP contribution in [0.15, 0.2) is 53.4 Å². The molecular weight excluding hydrogens is 551 g/mol. The van der Waals surface area contributed by atoms with E-state index in [2.05, 4.69) is 5.32 Å². The van der Waals surface area contributed by atoms with E-state index in [9.17, 15) is 36.3 Å². The molecule has 3 rings (SSSR count). The first-order valence-electron chi connectivity index (χ1n) is 12.8. The molecule has 0 aliphatic carbocycles. The summed E-state index contributed by atoms with van der Waals surface area (Å²) in [6.07, 6.45) is -7.36. The summed E-state index contributed by atoms with van der Waals surface area (Å²) in [6.45, 7) is 3.33. The second-order valence-corrected chi connectivity index (χ2v) is 12.0. The quantitative estimate of drug-likeness (QED) is 0.466. The average Bonchev–Trinajstić information content (AvgIpc) is 2.94. The molecule has 1 aliphatic rings. The summed E-state index contributed by atoms with van der Waals surface area (Å²) in [4.78, 5) is 27.0. The van der Waals surface area contributed by atoms with Crippen molar-refractivity contribution >= 4 is 27.5 Å². The van der Waals surface area contributed by atoms with Crippen LogP contribution in [-0.2, 0) is 26.0 Å². The molecule has 220 valence electrons. The molecule has 1 aliphatic heterocycles. The molecule has 0 spiro atoms. The van der Waals surface area contributed by atoms with Gasteiger partial charge in [-0.25, -0.2) is 8.42 Å². The van der Waals surface area contributed by atoms with Gasteiger partial charge in [-0.05, 0) is 37.3 Å². The summed E-state index contributed by atoms with van der Waals surface area (Å²) in [7, 11) is -2.41. The molecule has 13 heteroatoms. The molecule has 1 heterocycles. The number of rotatable bonds is 9. The Bertz CT molecular complexity index is 1290. The van der Waals surface area contributed by atoms with Crippen molar-refractivity contribution in [3.63, 3.8) is 0 Å². The van der Waals surface area contributed by atoms with Crippen LogP contribution < -0.4 is 10.1 Å². The number of ether oxygens (including phenoxy) is 1. The van der Waals surface area contributed by atoms with E-state index in [1.165, 1.54) is 46.6 Å². The van der Waals surface area contributed by atoms with E-state index < -0.39 is 47.1 Å². The summed E-state index contributed by atoms with van der Waals surface area (Å²) in [5, 5.41) is 12.2. The Kier molecular flexibility index (Phi) is 10.2. The van der Waals surface area contributed by atoms with Crippen molar-refractivity contribution < 1.29 is 41.0 Å². The molecule has 0 fully saturated rings. The number of benzene rings is 2. The Morgan fingerprint density at radius 1 is 1.23 bits per heavy atom. The lowest BCUT2D eigenvalue weighted by Gasteiger charge is -2.33. The smallest absolute Gasteiger partial charge is 0.389 e. The molecule has 0 saturated heterocycles. The highest BCUT2D eigenvalue weighted by Gasteiger charge is 2.33. The number of sulfonamides is 1. The van der Waals surface area contributed by atoms with Gasteiger partial charge in [0.1, 0.15) is 11.9 Å². The minimum atomic E-state index is -4.47. The van der Waals surface area contributed by atoms with Crippen LogP contribution in [0.3, 0.4) is 0 Å². The molecule has 2 aromatic carbocycles. The number of likely N-dealkylation sites (N-methyl/N-ethyl adjacent to an activating group) is 1. The molecule has 0 aromatic heterocycles. The maximum Gasteiger partial charge on any atom is 0.389 e. The van der Waals surface area contributed by atoms with E-state index >= 15 is 0 Å². The van der Waals surface area contributed by atoms with Gasteiger partial charge in [-0.1, -0.05) is 25.1 Å². The van der Waals surface area contributed by atoms with Crippen LogP contribution in [0.4, 0.5) is 18.9 Å². The van der Waals surface area contributed by atoms with Crippen molar-refractivity contribution in [3.05, 3.63) is 54.1 Å². The highest BCUT2D eigenvalue weighted by molar-refractivity contribution is 7.89. The number of amides is 2. The van der Waals surface area contributed by atoms with E-state index in [0.717, 1.165) is 0 Å². The molecule has 3 atom stereocenters. The Hall–Kier alpha value is -3.16. The molecule has 2 N–H and O–H groups in total. The number of anilines is 1. The molecule has 0 saturated carbocycles. The van der Waals surface area contributed by atoms with Gasteiger partial charge < -0.3 is 20.1 Å².